The van der Waals surface area contributed by atoms with Gasteiger partial charge in [0.25, 0.3) is 0 Å². The van der Waals surface area contributed by atoms with Gasteiger partial charge in [0.05, 0.1) is 5.69 Å². The maximum Gasteiger partial charge on any atom is 0.229 e. The van der Waals surface area contributed by atoms with Crippen LogP contribution in [0.25, 0.3) is 5.65 Å². The third-order valence-corrected chi connectivity index (χ3v) is 6.98. The lowest BCUT2D eigenvalue weighted by atomic mass is 10.1. The molecule has 4 aromatic rings. The number of halogens is 1. The van der Waals surface area contributed by atoms with Crippen LogP contribution >= 0.6 is 11.6 Å². The van der Waals surface area contributed by atoms with Gasteiger partial charge in [-0.1, -0.05) is 23.7 Å². The number of carbonyl (C=O) groups is 1. The SMILES string of the molecule is NCc1cc(C2CC2)cn2cc(COc3ccnc(NC(=O)[C@H]4C[C@@H]4c4cccc(Cl)c4)c3)nc12. The van der Waals surface area contributed by atoms with Crippen LogP contribution in [0.3, 0.4) is 0 Å². The van der Waals surface area contributed by atoms with Crippen molar-refractivity contribution in [2.75, 3.05) is 5.32 Å². The number of benzene rings is 1. The van der Waals surface area contributed by atoms with Crippen molar-refractivity contribution in [3.05, 3.63) is 88.5 Å². The molecule has 3 N–H and O–H groups in total. The van der Waals surface area contributed by atoms with Crippen molar-refractivity contribution in [2.45, 2.75) is 44.2 Å². The first-order valence-corrected chi connectivity index (χ1v) is 12.3. The Kier molecular flexibility index (Phi) is 5.66. The number of amides is 1. The van der Waals surface area contributed by atoms with Crippen molar-refractivity contribution in [3.8, 4) is 5.75 Å². The Bertz CT molecular complexity index is 1410. The zero-order valence-electron chi connectivity index (χ0n) is 19.2. The molecule has 2 aliphatic rings. The molecule has 0 radical (unpaired) electrons. The predicted molar refractivity (Wildman–Crippen MR) is 135 cm³/mol. The summed E-state index contributed by atoms with van der Waals surface area (Å²) >= 11 is 6.09. The molecular weight excluding hydrogens is 462 g/mol. The fourth-order valence-corrected chi connectivity index (χ4v) is 4.84. The first kappa shape index (κ1) is 22.1. The summed E-state index contributed by atoms with van der Waals surface area (Å²) in [6, 6.07) is 13.4. The minimum absolute atomic E-state index is 0.0410. The maximum absolute atomic E-state index is 12.7. The molecule has 8 heteroatoms. The highest BCUT2D eigenvalue weighted by Gasteiger charge is 2.44. The second-order valence-electron chi connectivity index (χ2n) is 9.40. The summed E-state index contributed by atoms with van der Waals surface area (Å²) in [5.41, 5.74) is 11.1. The highest BCUT2D eigenvalue weighted by molar-refractivity contribution is 6.30. The van der Waals surface area contributed by atoms with Crippen LogP contribution in [-0.4, -0.2) is 20.3 Å². The van der Waals surface area contributed by atoms with Gasteiger partial charge in [0.1, 0.15) is 23.8 Å². The van der Waals surface area contributed by atoms with Crippen LogP contribution in [0, 0.1) is 5.92 Å². The standard InChI is InChI=1S/C27H26ClN5O2/c28-20-3-1-2-17(9-20)23-11-24(23)27(34)32-25-10-22(6-7-30-25)35-15-21-14-33-13-19(16-4-5-16)8-18(12-29)26(33)31-21/h1-3,6-10,13-14,16,23-24H,4-5,11-12,15,29H2,(H,30,32,34)/t23-,24+/m1/s1. The van der Waals surface area contributed by atoms with Crippen LogP contribution in [0.1, 0.15) is 53.5 Å². The van der Waals surface area contributed by atoms with Gasteiger partial charge in [-0.25, -0.2) is 9.97 Å². The van der Waals surface area contributed by atoms with E-state index in [-0.39, 0.29) is 17.7 Å². The van der Waals surface area contributed by atoms with E-state index in [4.69, 9.17) is 27.1 Å². The van der Waals surface area contributed by atoms with Gasteiger partial charge in [-0.05, 0) is 66.5 Å². The molecular formula is C27H26ClN5O2. The van der Waals surface area contributed by atoms with Crippen molar-refractivity contribution in [3.63, 3.8) is 0 Å². The number of hydrogen-bond donors (Lipinski definition) is 2. The van der Waals surface area contributed by atoms with Gasteiger partial charge in [0.2, 0.25) is 5.91 Å². The molecule has 35 heavy (non-hydrogen) atoms. The number of carbonyl (C=O) groups excluding carboxylic acids is 1. The molecule has 3 aromatic heterocycles. The average molecular weight is 488 g/mol. The Labute approximate surface area is 208 Å². The molecule has 2 fully saturated rings. The van der Waals surface area contributed by atoms with E-state index in [9.17, 15) is 4.79 Å². The Balaban J connectivity index is 1.10. The van der Waals surface area contributed by atoms with Crippen LogP contribution in [0.2, 0.25) is 5.02 Å². The number of aromatic nitrogens is 3. The van der Waals surface area contributed by atoms with Gasteiger partial charge in [-0.15, -0.1) is 0 Å². The number of fused-ring (bicyclic) bond motifs is 1. The van der Waals surface area contributed by atoms with E-state index in [1.54, 1.807) is 18.3 Å². The number of pyridine rings is 2. The molecule has 2 atom stereocenters. The lowest BCUT2D eigenvalue weighted by Crippen LogP contribution is -2.15. The first-order valence-electron chi connectivity index (χ1n) is 11.9. The van der Waals surface area contributed by atoms with E-state index in [1.165, 1.54) is 18.4 Å². The highest BCUT2D eigenvalue weighted by Crippen LogP contribution is 2.48. The summed E-state index contributed by atoms with van der Waals surface area (Å²) in [7, 11) is 0. The zero-order chi connectivity index (χ0) is 23.9. The fraction of sp³-hybridized carbons (Fsp3) is 0.296. The lowest BCUT2D eigenvalue weighted by molar-refractivity contribution is -0.117. The quantitative estimate of drug-likeness (QED) is 0.363. The molecule has 6 rings (SSSR count). The minimum atomic E-state index is -0.0740. The molecule has 1 aromatic carbocycles. The molecule has 7 nitrogen and oxygen atoms in total. The van der Waals surface area contributed by atoms with Crippen molar-refractivity contribution < 1.29 is 9.53 Å². The maximum atomic E-state index is 12.7. The molecule has 178 valence electrons. The Morgan fingerprint density at radius 2 is 2.06 bits per heavy atom. The fourth-order valence-electron chi connectivity index (χ4n) is 4.64. The smallest absolute Gasteiger partial charge is 0.229 e. The van der Waals surface area contributed by atoms with Crippen LogP contribution in [0.4, 0.5) is 5.82 Å². The number of nitrogens with one attached hydrogen (secondary N) is 1. The van der Waals surface area contributed by atoms with E-state index in [0.29, 0.717) is 35.7 Å². The van der Waals surface area contributed by atoms with E-state index in [1.807, 2.05) is 30.5 Å². The van der Waals surface area contributed by atoms with E-state index >= 15 is 0 Å². The third-order valence-electron chi connectivity index (χ3n) is 6.74. The molecule has 0 spiro atoms. The summed E-state index contributed by atoms with van der Waals surface area (Å²) < 4.78 is 8.03. The van der Waals surface area contributed by atoms with E-state index in [0.717, 1.165) is 28.9 Å². The summed E-state index contributed by atoms with van der Waals surface area (Å²) in [6.45, 7) is 0.759. The summed E-state index contributed by atoms with van der Waals surface area (Å²) in [6.07, 6.45) is 9.06. The third kappa shape index (κ3) is 4.74. The number of ether oxygens (including phenoxy) is 1. The predicted octanol–water partition coefficient (Wildman–Crippen LogP) is 5.04. The molecule has 2 saturated carbocycles. The number of nitrogens with two attached hydrogens (primary N) is 1. The van der Waals surface area contributed by atoms with Crippen LogP contribution in [-0.2, 0) is 17.9 Å². The second-order valence-corrected chi connectivity index (χ2v) is 9.84. The van der Waals surface area contributed by atoms with Gasteiger partial charge in [0.15, 0.2) is 0 Å². The van der Waals surface area contributed by atoms with Crippen molar-refractivity contribution in [1.29, 1.82) is 0 Å². The first-order chi connectivity index (χ1) is 17.1. The highest BCUT2D eigenvalue weighted by atomic mass is 35.5. The van der Waals surface area contributed by atoms with Crippen molar-refractivity contribution >= 4 is 29.0 Å². The van der Waals surface area contributed by atoms with Crippen molar-refractivity contribution in [1.82, 2.24) is 14.4 Å². The van der Waals surface area contributed by atoms with Crippen LogP contribution in [0.5, 0.6) is 5.75 Å². The molecule has 1 amide bonds. The van der Waals surface area contributed by atoms with Gasteiger partial charge < -0.3 is 20.2 Å². The van der Waals surface area contributed by atoms with Gasteiger partial charge in [-0.3, -0.25) is 4.79 Å². The van der Waals surface area contributed by atoms with Gasteiger partial charge in [-0.2, -0.15) is 0 Å². The average Bonchev–Trinajstić information content (AvgIpc) is 3.78. The molecule has 0 aliphatic heterocycles. The summed E-state index contributed by atoms with van der Waals surface area (Å²) in [5.74, 6) is 1.82. The van der Waals surface area contributed by atoms with Gasteiger partial charge in [0, 0.05) is 47.7 Å². The number of anilines is 1. The topological polar surface area (TPSA) is 94.5 Å². The van der Waals surface area contributed by atoms with Crippen LogP contribution in [0.15, 0.2) is 61.1 Å². The van der Waals surface area contributed by atoms with Gasteiger partial charge >= 0.3 is 0 Å². The number of rotatable bonds is 8. The number of imidazole rings is 1. The van der Waals surface area contributed by atoms with Crippen LogP contribution < -0.4 is 15.8 Å². The molecule has 0 bridgehead atoms. The molecule has 0 unspecified atom stereocenters. The minimum Gasteiger partial charge on any atom is -0.487 e. The largest absolute Gasteiger partial charge is 0.487 e. The Hall–Kier alpha value is -3.42. The molecule has 0 saturated heterocycles. The Morgan fingerprint density at radius 1 is 1.17 bits per heavy atom. The normalized spacial score (nSPS) is 19.0. The molecule has 3 heterocycles. The van der Waals surface area contributed by atoms with E-state index in [2.05, 4.69) is 27.0 Å². The number of hydrogen-bond acceptors (Lipinski definition) is 5. The lowest BCUT2D eigenvalue weighted by Gasteiger charge is -2.08. The number of nitrogens with zero attached hydrogens (tertiary/aromatic N) is 3. The zero-order valence-corrected chi connectivity index (χ0v) is 19.9. The molecule has 2 aliphatic carbocycles. The van der Waals surface area contributed by atoms with Crippen molar-refractivity contribution in [2.24, 2.45) is 11.7 Å². The summed E-state index contributed by atoms with van der Waals surface area (Å²) in [4.78, 5) is 21.7. The van der Waals surface area contributed by atoms with E-state index < -0.39 is 0 Å². The second kappa shape index (κ2) is 8.98. The monoisotopic (exact) mass is 487 g/mol. The Morgan fingerprint density at radius 3 is 2.86 bits per heavy atom. The summed E-state index contributed by atoms with van der Waals surface area (Å²) in [5, 5.41) is 3.61.